The average molecular weight is 489 g/mol. The second-order valence-corrected chi connectivity index (χ2v) is 8.18. The Bertz CT molecular complexity index is 971. The lowest BCUT2D eigenvalue weighted by Gasteiger charge is -2.35. The Labute approximate surface area is 203 Å². The molecule has 0 bridgehead atoms. The van der Waals surface area contributed by atoms with E-state index in [9.17, 15) is 19.8 Å². The van der Waals surface area contributed by atoms with Crippen molar-refractivity contribution in [2.75, 3.05) is 33.0 Å². The standard InChI is InChI=1S/C25H32N2O8/c1-16-21(28)14-22(29)25(35-16)33-10-9-32-8-7-27-23(30)15-34-20-12-18(11-19(13-20)24(26)31)17-5-3-2-4-6-17/h2-6,11-13,16,21-22,25,28-29H,7-10,14-15H2,1H3,(H2,26,31)(H,27,30)/t16-,21?,22+,25?/m0/s1. The van der Waals surface area contributed by atoms with Crippen LogP contribution in [0.2, 0.25) is 0 Å². The molecule has 4 atom stereocenters. The molecule has 1 heterocycles. The molecule has 0 radical (unpaired) electrons. The molecule has 2 aromatic rings. The zero-order chi connectivity index (χ0) is 25.2. The minimum atomic E-state index is -0.895. The highest BCUT2D eigenvalue weighted by atomic mass is 16.7. The summed E-state index contributed by atoms with van der Waals surface area (Å²) < 4.78 is 21.8. The van der Waals surface area contributed by atoms with Gasteiger partial charge in [-0.25, -0.2) is 0 Å². The molecule has 1 aliphatic heterocycles. The summed E-state index contributed by atoms with van der Waals surface area (Å²) in [7, 11) is 0. The Morgan fingerprint density at radius 2 is 1.83 bits per heavy atom. The molecule has 3 rings (SSSR count). The maximum Gasteiger partial charge on any atom is 0.258 e. The van der Waals surface area contributed by atoms with E-state index in [0.717, 1.165) is 11.1 Å². The number of nitrogens with two attached hydrogens (primary N) is 1. The van der Waals surface area contributed by atoms with Crippen LogP contribution in [-0.2, 0) is 19.0 Å². The van der Waals surface area contributed by atoms with Crippen LogP contribution in [0.5, 0.6) is 5.75 Å². The van der Waals surface area contributed by atoms with Gasteiger partial charge in [-0.3, -0.25) is 9.59 Å². The highest BCUT2D eigenvalue weighted by Crippen LogP contribution is 2.26. The van der Waals surface area contributed by atoms with Crippen molar-refractivity contribution >= 4 is 11.8 Å². The van der Waals surface area contributed by atoms with Crippen LogP contribution < -0.4 is 15.8 Å². The number of rotatable bonds is 12. The van der Waals surface area contributed by atoms with E-state index in [2.05, 4.69) is 5.32 Å². The van der Waals surface area contributed by atoms with Crippen molar-refractivity contribution in [2.24, 2.45) is 5.73 Å². The molecule has 0 spiro atoms. The Hall–Kier alpha value is -3.02. The summed E-state index contributed by atoms with van der Waals surface area (Å²) >= 11 is 0. The molecule has 2 unspecified atom stereocenters. The van der Waals surface area contributed by atoms with Gasteiger partial charge in [0.25, 0.3) is 5.91 Å². The topological polar surface area (TPSA) is 150 Å². The molecular formula is C25H32N2O8. The van der Waals surface area contributed by atoms with Crippen LogP contribution in [0.15, 0.2) is 48.5 Å². The summed E-state index contributed by atoms with van der Waals surface area (Å²) in [6.45, 7) is 2.45. The average Bonchev–Trinajstić information content (AvgIpc) is 2.85. The van der Waals surface area contributed by atoms with Crippen molar-refractivity contribution in [1.82, 2.24) is 5.32 Å². The number of hydrogen-bond acceptors (Lipinski definition) is 8. The van der Waals surface area contributed by atoms with Gasteiger partial charge in [0.15, 0.2) is 12.9 Å². The zero-order valence-electron chi connectivity index (χ0n) is 19.6. The van der Waals surface area contributed by atoms with Gasteiger partial charge in [0, 0.05) is 18.5 Å². The predicted molar refractivity (Wildman–Crippen MR) is 127 cm³/mol. The normalized spacial score (nSPS) is 21.9. The molecule has 5 N–H and O–H groups in total. The van der Waals surface area contributed by atoms with Crippen molar-refractivity contribution < 1.29 is 38.7 Å². The van der Waals surface area contributed by atoms with E-state index >= 15 is 0 Å². The van der Waals surface area contributed by atoms with Gasteiger partial charge >= 0.3 is 0 Å². The minimum absolute atomic E-state index is 0.196. The fourth-order valence-electron chi connectivity index (χ4n) is 3.50. The molecule has 1 fully saturated rings. The van der Waals surface area contributed by atoms with Crippen LogP contribution in [0, 0.1) is 0 Å². The molecule has 0 saturated carbocycles. The quantitative estimate of drug-likeness (QED) is 0.321. The van der Waals surface area contributed by atoms with Gasteiger partial charge in [-0.2, -0.15) is 0 Å². The lowest BCUT2D eigenvalue weighted by atomic mass is 10.0. The van der Waals surface area contributed by atoms with E-state index in [1.807, 2.05) is 30.3 Å². The van der Waals surface area contributed by atoms with Gasteiger partial charge < -0.3 is 40.2 Å². The van der Waals surface area contributed by atoms with E-state index in [1.54, 1.807) is 19.1 Å². The molecule has 10 nitrogen and oxygen atoms in total. The lowest BCUT2D eigenvalue weighted by Crippen LogP contribution is -2.47. The number of benzene rings is 2. The smallest absolute Gasteiger partial charge is 0.258 e. The van der Waals surface area contributed by atoms with Crippen molar-refractivity contribution in [3.05, 3.63) is 54.1 Å². The largest absolute Gasteiger partial charge is 0.484 e. The first-order valence-corrected chi connectivity index (χ1v) is 11.4. The number of aliphatic hydroxyl groups is 2. The number of nitrogens with one attached hydrogen (secondary N) is 1. The summed E-state index contributed by atoms with van der Waals surface area (Å²) in [4.78, 5) is 23.8. The number of aliphatic hydroxyl groups excluding tert-OH is 2. The first kappa shape index (κ1) is 26.6. The Morgan fingerprint density at radius 3 is 2.57 bits per heavy atom. The number of carbonyl (C=O) groups is 2. The van der Waals surface area contributed by atoms with E-state index in [-0.39, 0.29) is 50.9 Å². The van der Waals surface area contributed by atoms with Gasteiger partial charge in [-0.15, -0.1) is 0 Å². The molecular weight excluding hydrogens is 456 g/mol. The summed E-state index contributed by atoms with van der Waals surface area (Å²) in [6.07, 6.45) is -2.63. The second-order valence-electron chi connectivity index (χ2n) is 8.18. The Morgan fingerprint density at radius 1 is 1.06 bits per heavy atom. The van der Waals surface area contributed by atoms with Gasteiger partial charge in [0.1, 0.15) is 11.9 Å². The number of amides is 2. The fourth-order valence-corrected chi connectivity index (χ4v) is 3.50. The highest BCUT2D eigenvalue weighted by molar-refractivity contribution is 5.94. The highest BCUT2D eigenvalue weighted by Gasteiger charge is 2.34. The summed E-state index contributed by atoms with van der Waals surface area (Å²) in [6, 6.07) is 14.4. The van der Waals surface area contributed by atoms with Crippen LogP contribution >= 0.6 is 0 Å². The van der Waals surface area contributed by atoms with Crippen molar-refractivity contribution in [3.63, 3.8) is 0 Å². The van der Waals surface area contributed by atoms with E-state index in [0.29, 0.717) is 5.75 Å². The Kier molecular flexibility index (Phi) is 10.0. The molecule has 0 aromatic heterocycles. The van der Waals surface area contributed by atoms with Gasteiger partial charge in [0.05, 0.1) is 32.0 Å². The second kappa shape index (κ2) is 13.2. The van der Waals surface area contributed by atoms with Crippen LogP contribution in [0.3, 0.4) is 0 Å². The van der Waals surface area contributed by atoms with Gasteiger partial charge in [0.2, 0.25) is 5.91 Å². The third-order valence-electron chi connectivity index (χ3n) is 5.43. The minimum Gasteiger partial charge on any atom is -0.484 e. The van der Waals surface area contributed by atoms with Gasteiger partial charge in [-0.05, 0) is 36.2 Å². The SMILES string of the molecule is C[C@@H]1OC(OCCOCCNC(=O)COc2cc(C(N)=O)cc(-c3ccccc3)c2)[C@H](O)CC1O. The number of ether oxygens (including phenoxy) is 4. The summed E-state index contributed by atoms with van der Waals surface area (Å²) in [5.74, 6) is -0.575. The molecule has 1 saturated heterocycles. The van der Waals surface area contributed by atoms with Gasteiger partial charge in [-0.1, -0.05) is 30.3 Å². The Balaban J connectivity index is 1.35. The van der Waals surface area contributed by atoms with E-state index in [4.69, 9.17) is 24.7 Å². The number of primary amides is 1. The third kappa shape index (κ3) is 8.30. The van der Waals surface area contributed by atoms with Crippen LogP contribution in [0.4, 0.5) is 0 Å². The maximum atomic E-state index is 12.1. The zero-order valence-corrected chi connectivity index (χ0v) is 19.6. The first-order chi connectivity index (χ1) is 16.8. The monoisotopic (exact) mass is 488 g/mol. The molecule has 2 aromatic carbocycles. The first-order valence-electron chi connectivity index (χ1n) is 11.4. The van der Waals surface area contributed by atoms with Crippen LogP contribution in [-0.4, -0.2) is 79.6 Å². The fraction of sp³-hybridized carbons (Fsp3) is 0.440. The molecule has 1 aliphatic rings. The number of carbonyl (C=O) groups excluding carboxylic acids is 2. The van der Waals surface area contributed by atoms with Crippen LogP contribution in [0.25, 0.3) is 11.1 Å². The molecule has 190 valence electrons. The predicted octanol–water partition coefficient (Wildman–Crippen LogP) is 0.837. The van der Waals surface area contributed by atoms with Crippen molar-refractivity contribution in [3.8, 4) is 16.9 Å². The summed E-state index contributed by atoms with van der Waals surface area (Å²) in [5.41, 5.74) is 7.37. The number of hydrogen-bond donors (Lipinski definition) is 4. The van der Waals surface area contributed by atoms with Crippen molar-refractivity contribution in [2.45, 2.75) is 37.9 Å². The van der Waals surface area contributed by atoms with Crippen molar-refractivity contribution in [1.29, 1.82) is 0 Å². The molecule has 35 heavy (non-hydrogen) atoms. The lowest BCUT2D eigenvalue weighted by molar-refractivity contribution is -0.263. The van der Waals surface area contributed by atoms with Crippen LogP contribution in [0.1, 0.15) is 23.7 Å². The summed E-state index contributed by atoms with van der Waals surface area (Å²) in [5, 5.41) is 22.2. The molecule has 0 aliphatic carbocycles. The third-order valence-corrected chi connectivity index (χ3v) is 5.43. The molecule has 10 heteroatoms. The van der Waals surface area contributed by atoms with E-state index < -0.39 is 30.5 Å². The molecule has 2 amide bonds. The van der Waals surface area contributed by atoms with E-state index in [1.165, 1.54) is 6.07 Å². The maximum absolute atomic E-state index is 12.1.